The summed E-state index contributed by atoms with van der Waals surface area (Å²) in [7, 11) is 0. The monoisotopic (exact) mass is 238 g/mol. The van der Waals surface area contributed by atoms with Crippen LogP contribution >= 0.6 is 46.4 Å². The molecule has 0 N–H and O–H groups in total. The van der Waals surface area contributed by atoms with E-state index in [1.54, 1.807) is 0 Å². The highest BCUT2D eigenvalue weighted by Gasteiger charge is 2.05. The van der Waals surface area contributed by atoms with Crippen LogP contribution in [0.5, 0.6) is 0 Å². The minimum Gasteiger partial charge on any atom is -0.378 e. The van der Waals surface area contributed by atoms with Crippen LogP contribution in [0.2, 0.25) is 0 Å². The Morgan fingerprint density at radius 3 is 1.55 bits per heavy atom. The first kappa shape index (κ1) is 12.1. The van der Waals surface area contributed by atoms with Gasteiger partial charge >= 0.3 is 0 Å². The van der Waals surface area contributed by atoms with E-state index in [-0.39, 0.29) is 10.8 Å². The fraction of sp³-hybridized carbons (Fsp3) is 1.00. The third kappa shape index (κ3) is 7.48. The van der Waals surface area contributed by atoms with Crippen molar-refractivity contribution in [3.05, 3.63) is 0 Å². The summed E-state index contributed by atoms with van der Waals surface area (Å²) in [6.07, 6.45) is 0. The van der Waals surface area contributed by atoms with E-state index in [9.17, 15) is 0 Å². The molecular formula is C6H10Cl4O. The summed E-state index contributed by atoms with van der Waals surface area (Å²) in [4.78, 5) is 0. The molecule has 2 atom stereocenters. The van der Waals surface area contributed by atoms with E-state index in [0.717, 1.165) is 0 Å². The Labute approximate surface area is 86.9 Å². The van der Waals surface area contributed by atoms with Gasteiger partial charge in [0.25, 0.3) is 0 Å². The van der Waals surface area contributed by atoms with Gasteiger partial charge in [0.2, 0.25) is 0 Å². The fourth-order valence-electron chi connectivity index (χ4n) is 0.413. The zero-order chi connectivity index (χ0) is 8.69. The van der Waals surface area contributed by atoms with Crippen LogP contribution in [0.25, 0.3) is 0 Å². The normalized spacial score (nSPS) is 16.4. The third-order valence-corrected chi connectivity index (χ3v) is 2.55. The highest BCUT2D eigenvalue weighted by atomic mass is 35.5. The molecule has 0 bridgehead atoms. The molecule has 0 saturated heterocycles. The zero-order valence-corrected chi connectivity index (χ0v) is 8.93. The van der Waals surface area contributed by atoms with Crippen molar-refractivity contribution in [2.45, 2.75) is 10.8 Å². The minimum atomic E-state index is -0.143. The van der Waals surface area contributed by atoms with Crippen LogP contribution in [0.3, 0.4) is 0 Å². The summed E-state index contributed by atoms with van der Waals surface area (Å²) in [5.41, 5.74) is 0. The van der Waals surface area contributed by atoms with E-state index in [2.05, 4.69) is 0 Å². The molecule has 11 heavy (non-hydrogen) atoms. The van der Waals surface area contributed by atoms with Crippen molar-refractivity contribution >= 4 is 46.4 Å². The van der Waals surface area contributed by atoms with E-state index < -0.39 is 0 Å². The molecule has 0 aromatic heterocycles. The van der Waals surface area contributed by atoms with Crippen LogP contribution in [-0.2, 0) is 4.74 Å². The molecule has 1 nitrogen and oxygen atoms in total. The third-order valence-electron chi connectivity index (χ3n) is 0.932. The van der Waals surface area contributed by atoms with Crippen LogP contribution in [0.4, 0.5) is 0 Å². The Morgan fingerprint density at radius 2 is 1.27 bits per heavy atom. The number of hydrogen-bond acceptors (Lipinski definition) is 1. The van der Waals surface area contributed by atoms with Gasteiger partial charge in [0.15, 0.2) is 0 Å². The molecule has 0 aliphatic carbocycles. The lowest BCUT2D eigenvalue weighted by atomic mass is 10.5. The lowest BCUT2D eigenvalue weighted by Gasteiger charge is -2.08. The SMILES string of the molecule is ClC[C@@H](Cl)COC[C@@H](Cl)CCl. The summed E-state index contributed by atoms with van der Waals surface area (Å²) in [6.45, 7) is 0.844. The van der Waals surface area contributed by atoms with Gasteiger partial charge in [0, 0.05) is 11.8 Å². The molecule has 5 heteroatoms. The molecule has 0 rings (SSSR count). The Morgan fingerprint density at radius 1 is 0.909 bits per heavy atom. The van der Waals surface area contributed by atoms with Crippen molar-refractivity contribution in [1.29, 1.82) is 0 Å². The molecule has 0 aromatic carbocycles. The molecule has 0 amide bonds. The molecule has 0 aliphatic heterocycles. The van der Waals surface area contributed by atoms with Gasteiger partial charge in [-0.2, -0.15) is 0 Å². The summed E-state index contributed by atoms with van der Waals surface area (Å²) < 4.78 is 5.11. The maximum absolute atomic E-state index is 5.66. The first-order valence-electron chi connectivity index (χ1n) is 3.18. The van der Waals surface area contributed by atoms with Gasteiger partial charge in [-0.1, -0.05) is 0 Å². The Bertz CT molecular complexity index is 80.7. The number of ether oxygens (including phenoxy) is 1. The number of halogens is 4. The van der Waals surface area contributed by atoms with Gasteiger partial charge in [-0.25, -0.2) is 0 Å². The van der Waals surface area contributed by atoms with Crippen LogP contribution in [0.15, 0.2) is 0 Å². The highest BCUT2D eigenvalue weighted by molar-refractivity contribution is 6.28. The second kappa shape index (κ2) is 7.75. The van der Waals surface area contributed by atoms with Crippen molar-refractivity contribution < 1.29 is 4.74 Å². The molecule has 0 spiro atoms. The lowest BCUT2D eigenvalue weighted by molar-refractivity contribution is 0.140. The van der Waals surface area contributed by atoms with Gasteiger partial charge in [0.05, 0.1) is 24.0 Å². The average molecular weight is 240 g/mol. The van der Waals surface area contributed by atoms with Crippen molar-refractivity contribution in [3.8, 4) is 0 Å². The van der Waals surface area contributed by atoms with Crippen molar-refractivity contribution in [2.24, 2.45) is 0 Å². The van der Waals surface area contributed by atoms with Gasteiger partial charge < -0.3 is 4.74 Å². The van der Waals surface area contributed by atoms with Crippen molar-refractivity contribution in [1.82, 2.24) is 0 Å². The zero-order valence-electron chi connectivity index (χ0n) is 5.90. The summed E-state index contributed by atoms with van der Waals surface area (Å²) in [5.74, 6) is 0.769. The lowest BCUT2D eigenvalue weighted by Crippen LogP contribution is -2.17. The molecule has 68 valence electrons. The van der Waals surface area contributed by atoms with E-state index in [1.165, 1.54) is 0 Å². The largest absolute Gasteiger partial charge is 0.378 e. The standard InChI is InChI=1S/C6H10Cl4O/c7-1-5(9)3-11-4-6(10)2-8/h5-6H,1-4H2/t5-,6+. The highest BCUT2D eigenvalue weighted by Crippen LogP contribution is 2.03. The van der Waals surface area contributed by atoms with E-state index >= 15 is 0 Å². The van der Waals surface area contributed by atoms with Gasteiger partial charge in [-0.3, -0.25) is 0 Å². The summed E-state index contributed by atoms with van der Waals surface area (Å²) >= 11 is 22.2. The van der Waals surface area contributed by atoms with Crippen LogP contribution in [0, 0.1) is 0 Å². The Hall–Kier alpha value is 1.12. The number of hydrogen-bond donors (Lipinski definition) is 0. The first-order valence-corrected chi connectivity index (χ1v) is 5.12. The molecule has 0 aromatic rings. The Kier molecular flexibility index (Phi) is 8.54. The number of alkyl halides is 4. The molecule has 0 heterocycles. The van der Waals surface area contributed by atoms with Gasteiger partial charge in [0.1, 0.15) is 0 Å². The molecular weight excluding hydrogens is 230 g/mol. The molecule has 0 aliphatic rings. The van der Waals surface area contributed by atoms with Crippen LogP contribution in [-0.4, -0.2) is 35.7 Å². The molecule has 0 radical (unpaired) electrons. The van der Waals surface area contributed by atoms with Gasteiger partial charge in [-0.15, -0.1) is 46.4 Å². The Balaban J connectivity index is 3.13. The van der Waals surface area contributed by atoms with Gasteiger partial charge in [-0.05, 0) is 0 Å². The summed E-state index contributed by atoms with van der Waals surface area (Å²) in [6, 6.07) is 0. The first-order chi connectivity index (χ1) is 5.20. The van der Waals surface area contributed by atoms with Crippen molar-refractivity contribution in [3.63, 3.8) is 0 Å². The second-order valence-corrected chi connectivity index (χ2v) is 3.89. The second-order valence-electron chi connectivity index (χ2n) is 2.04. The van der Waals surface area contributed by atoms with Crippen LogP contribution in [0.1, 0.15) is 0 Å². The topological polar surface area (TPSA) is 9.23 Å². The quantitative estimate of drug-likeness (QED) is 0.648. The summed E-state index contributed by atoms with van der Waals surface area (Å²) in [5, 5.41) is -0.285. The van der Waals surface area contributed by atoms with E-state index in [4.69, 9.17) is 51.1 Å². The maximum Gasteiger partial charge on any atom is 0.0704 e. The molecule has 0 unspecified atom stereocenters. The number of rotatable bonds is 6. The fourth-order valence-corrected chi connectivity index (χ4v) is 0.769. The molecule has 0 fully saturated rings. The van der Waals surface area contributed by atoms with E-state index in [1.807, 2.05) is 0 Å². The van der Waals surface area contributed by atoms with E-state index in [0.29, 0.717) is 25.0 Å². The van der Waals surface area contributed by atoms with Crippen LogP contribution < -0.4 is 0 Å². The average Bonchev–Trinajstić information content (AvgIpc) is 2.04. The predicted molar refractivity (Wildman–Crippen MR) is 51.5 cm³/mol. The maximum atomic E-state index is 5.66. The predicted octanol–water partition coefficient (Wildman–Crippen LogP) is 2.70. The van der Waals surface area contributed by atoms with Crippen molar-refractivity contribution in [2.75, 3.05) is 25.0 Å². The molecule has 0 saturated carbocycles. The minimum absolute atomic E-state index is 0.143. The smallest absolute Gasteiger partial charge is 0.0704 e.